The van der Waals surface area contributed by atoms with Gasteiger partial charge in [0, 0.05) is 25.4 Å². The fourth-order valence-electron chi connectivity index (χ4n) is 2.17. The summed E-state index contributed by atoms with van der Waals surface area (Å²) >= 11 is 0. The summed E-state index contributed by atoms with van der Waals surface area (Å²) in [5.74, 6) is 1.28. The monoisotopic (exact) mass is 236 g/mol. The van der Waals surface area contributed by atoms with E-state index in [1.165, 1.54) is 57.2 Å². The van der Waals surface area contributed by atoms with Gasteiger partial charge in [0.05, 0.1) is 0 Å². The predicted octanol–water partition coefficient (Wildman–Crippen LogP) is 4.59. The molecule has 1 aromatic rings. The summed E-state index contributed by atoms with van der Waals surface area (Å²) in [6.07, 6.45) is 15.9. The van der Waals surface area contributed by atoms with Gasteiger partial charge >= 0.3 is 0 Å². The quantitative estimate of drug-likeness (QED) is 0.543. The molecule has 0 aromatic carbocycles. The van der Waals surface area contributed by atoms with Crippen LogP contribution < -0.4 is 0 Å². The Kier molecular flexibility index (Phi) is 7.78. The molecule has 0 saturated carbocycles. The number of rotatable bonds is 10. The minimum atomic E-state index is 1.14. The first-order valence-electron chi connectivity index (χ1n) is 7.38. The van der Waals surface area contributed by atoms with Gasteiger partial charge in [-0.3, -0.25) is 0 Å². The molecule has 0 radical (unpaired) electrons. The third-order valence-corrected chi connectivity index (χ3v) is 3.31. The van der Waals surface area contributed by atoms with E-state index in [0.29, 0.717) is 0 Å². The van der Waals surface area contributed by atoms with Crippen molar-refractivity contribution in [1.29, 1.82) is 0 Å². The van der Waals surface area contributed by atoms with Crippen LogP contribution in [0, 0.1) is 0 Å². The largest absolute Gasteiger partial charge is 0.335 e. The Morgan fingerprint density at radius 1 is 0.941 bits per heavy atom. The standard InChI is InChI=1S/C15H28N2/c1-3-5-7-8-9-10-13-17-14-12-16-15(17)11-6-4-2/h12,14H,3-11,13H2,1-2H3. The molecule has 98 valence electrons. The van der Waals surface area contributed by atoms with E-state index >= 15 is 0 Å². The molecule has 0 amide bonds. The number of unbranched alkanes of at least 4 members (excludes halogenated alkanes) is 6. The average Bonchev–Trinajstić information content (AvgIpc) is 2.78. The van der Waals surface area contributed by atoms with Crippen molar-refractivity contribution in [2.24, 2.45) is 0 Å². The van der Waals surface area contributed by atoms with Crippen LogP contribution in [0.3, 0.4) is 0 Å². The fraction of sp³-hybridized carbons (Fsp3) is 0.800. The average molecular weight is 236 g/mol. The Hall–Kier alpha value is -0.790. The zero-order valence-electron chi connectivity index (χ0n) is 11.6. The molecule has 17 heavy (non-hydrogen) atoms. The second-order valence-corrected chi connectivity index (χ2v) is 4.91. The van der Waals surface area contributed by atoms with Gasteiger partial charge in [0.15, 0.2) is 0 Å². The molecule has 0 saturated heterocycles. The lowest BCUT2D eigenvalue weighted by atomic mass is 10.1. The number of imidazole rings is 1. The lowest BCUT2D eigenvalue weighted by Gasteiger charge is -2.07. The van der Waals surface area contributed by atoms with Crippen molar-refractivity contribution in [3.05, 3.63) is 18.2 Å². The minimum absolute atomic E-state index is 1.14. The highest BCUT2D eigenvalue weighted by molar-refractivity contribution is 4.92. The van der Waals surface area contributed by atoms with E-state index in [1.807, 2.05) is 6.20 Å². The molecule has 1 aromatic heterocycles. The SMILES string of the molecule is CCCCCCCCn1ccnc1CCCC. The smallest absolute Gasteiger partial charge is 0.108 e. The van der Waals surface area contributed by atoms with Crippen LogP contribution in [0.15, 0.2) is 12.4 Å². The van der Waals surface area contributed by atoms with Crippen molar-refractivity contribution in [1.82, 2.24) is 9.55 Å². The number of hydrogen-bond acceptors (Lipinski definition) is 1. The maximum atomic E-state index is 4.44. The molecule has 0 N–H and O–H groups in total. The van der Waals surface area contributed by atoms with Crippen molar-refractivity contribution in [3.63, 3.8) is 0 Å². The van der Waals surface area contributed by atoms with Gasteiger partial charge in [0.2, 0.25) is 0 Å². The number of aryl methyl sites for hydroxylation is 2. The zero-order chi connectivity index (χ0) is 12.3. The number of aromatic nitrogens is 2. The normalized spacial score (nSPS) is 10.9. The maximum Gasteiger partial charge on any atom is 0.108 e. The highest BCUT2D eigenvalue weighted by atomic mass is 15.1. The summed E-state index contributed by atoms with van der Waals surface area (Å²) in [4.78, 5) is 4.44. The van der Waals surface area contributed by atoms with Crippen molar-refractivity contribution in [3.8, 4) is 0 Å². The van der Waals surface area contributed by atoms with Crippen LogP contribution in [0.1, 0.15) is 71.0 Å². The van der Waals surface area contributed by atoms with E-state index < -0.39 is 0 Å². The summed E-state index contributed by atoms with van der Waals surface area (Å²) in [6, 6.07) is 0. The maximum absolute atomic E-state index is 4.44. The van der Waals surface area contributed by atoms with E-state index in [2.05, 4.69) is 29.6 Å². The molecule has 2 nitrogen and oxygen atoms in total. The van der Waals surface area contributed by atoms with E-state index in [0.717, 1.165) is 13.0 Å². The lowest BCUT2D eigenvalue weighted by Crippen LogP contribution is -2.03. The van der Waals surface area contributed by atoms with Crippen molar-refractivity contribution in [2.45, 2.75) is 78.2 Å². The van der Waals surface area contributed by atoms with Crippen molar-refractivity contribution >= 4 is 0 Å². The second kappa shape index (κ2) is 9.26. The van der Waals surface area contributed by atoms with Gasteiger partial charge in [-0.05, 0) is 12.8 Å². The molecule has 0 aliphatic heterocycles. The number of nitrogens with zero attached hydrogens (tertiary/aromatic N) is 2. The molecule has 0 unspecified atom stereocenters. The molecular weight excluding hydrogens is 208 g/mol. The van der Waals surface area contributed by atoms with Gasteiger partial charge in [-0.25, -0.2) is 4.98 Å². The summed E-state index contributed by atoms with van der Waals surface area (Å²) in [7, 11) is 0. The Bertz CT molecular complexity index is 278. The summed E-state index contributed by atoms with van der Waals surface area (Å²) in [6.45, 7) is 5.66. The van der Waals surface area contributed by atoms with E-state index in [4.69, 9.17) is 0 Å². The molecule has 0 fully saturated rings. The first-order chi connectivity index (χ1) is 8.38. The van der Waals surface area contributed by atoms with Crippen LogP contribution in [0.5, 0.6) is 0 Å². The van der Waals surface area contributed by atoms with Gasteiger partial charge in [-0.1, -0.05) is 52.4 Å². The molecule has 0 aliphatic rings. The Labute approximate surface area is 106 Å². The third-order valence-electron chi connectivity index (χ3n) is 3.31. The summed E-state index contributed by atoms with van der Waals surface area (Å²) in [5, 5.41) is 0. The third kappa shape index (κ3) is 5.90. The molecule has 0 atom stereocenters. The first kappa shape index (κ1) is 14.3. The fourth-order valence-corrected chi connectivity index (χ4v) is 2.17. The predicted molar refractivity (Wildman–Crippen MR) is 74.2 cm³/mol. The number of hydrogen-bond donors (Lipinski definition) is 0. The van der Waals surface area contributed by atoms with E-state index in [9.17, 15) is 0 Å². The molecule has 0 spiro atoms. The van der Waals surface area contributed by atoms with Crippen LogP contribution >= 0.6 is 0 Å². The Morgan fingerprint density at radius 3 is 2.41 bits per heavy atom. The van der Waals surface area contributed by atoms with Crippen molar-refractivity contribution in [2.75, 3.05) is 0 Å². The van der Waals surface area contributed by atoms with Crippen LogP contribution in [-0.4, -0.2) is 9.55 Å². The van der Waals surface area contributed by atoms with Crippen LogP contribution in [0.2, 0.25) is 0 Å². The molecule has 1 rings (SSSR count). The second-order valence-electron chi connectivity index (χ2n) is 4.91. The van der Waals surface area contributed by atoms with Crippen LogP contribution in [-0.2, 0) is 13.0 Å². The van der Waals surface area contributed by atoms with Gasteiger partial charge in [0.25, 0.3) is 0 Å². The van der Waals surface area contributed by atoms with Gasteiger partial charge in [-0.15, -0.1) is 0 Å². The highest BCUT2D eigenvalue weighted by Gasteiger charge is 2.01. The molecule has 2 heteroatoms. The lowest BCUT2D eigenvalue weighted by molar-refractivity contribution is 0.542. The highest BCUT2D eigenvalue weighted by Crippen LogP contribution is 2.09. The van der Waals surface area contributed by atoms with Crippen molar-refractivity contribution < 1.29 is 0 Å². The van der Waals surface area contributed by atoms with Gasteiger partial charge in [0.1, 0.15) is 5.82 Å². The molecule has 0 bridgehead atoms. The summed E-state index contributed by atoms with van der Waals surface area (Å²) < 4.78 is 2.34. The van der Waals surface area contributed by atoms with Gasteiger partial charge < -0.3 is 4.57 Å². The molecule has 0 aliphatic carbocycles. The molecule has 1 heterocycles. The van der Waals surface area contributed by atoms with Crippen LogP contribution in [0.25, 0.3) is 0 Å². The Balaban J connectivity index is 2.15. The molecular formula is C15H28N2. The topological polar surface area (TPSA) is 17.8 Å². The minimum Gasteiger partial charge on any atom is -0.335 e. The van der Waals surface area contributed by atoms with Crippen LogP contribution in [0.4, 0.5) is 0 Å². The van der Waals surface area contributed by atoms with E-state index in [-0.39, 0.29) is 0 Å². The van der Waals surface area contributed by atoms with Gasteiger partial charge in [-0.2, -0.15) is 0 Å². The zero-order valence-corrected chi connectivity index (χ0v) is 11.6. The van der Waals surface area contributed by atoms with E-state index in [1.54, 1.807) is 0 Å². The Morgan fingerprint density at radius 2 is 1.65 bits per heavy atom. The summed E-state index contributed by atoms with van der Waals surface area (Å²) in [5.41, 5.74) is 0. The first-order valence-corrected chi connectivity index (χ1v) is 7.38.